The first kappa shape index (κ1) is 8.84. The van der Waals surface area contributed by atoms with Crippen LogP contribution in [-0.2, 0) is 6.42 Å². The molecule has 0 saturated carbocycles. The van der Waals surface area contributed by atoms with Crippen molar-refractivity contribution < 1.29 is 8.78 Å². The van der Waals surface area contributed by atoms with Gasteiger partial charge in [0.2, 0.25) is 5.95 Å². The summed E-state index contributed by atoms with van der Waals surface area (Å²) in [6, 6.07) is 1.13. The summed E-state index contributed by atoms with van der Waals surface area (Å²) in [5.74, 6) is -1.97. The summed E-state index contributed by atoms with van der Waals surface area (Å²) in [6.45, 7) is 5.13. The second-order valence-electron chi connectivity index (χ2n) is 2.39. The van der Waals surface area contributed by atoms with E-state index in [0.29, 0.717) is 18.4 Å². The van der Waals surface area contributed by atoms with Gasteiger partial charge in [0.1, 0.15) is 0 Å². The van der Waals surface area contributed by atoms with E-state index < -0.39 is 11.8 Å². The summed E-state index contributed by atoms with van der Waals surface area (Å²) < 4.78 is 24.8. The van der Waals surface area contributed by atoms with Crippen molar-refractivity contribution in [3.05, 3.63) is 42.2 Å². The molecule has 0 spiro atoms. The Hall–Kier alpha value is -1.25. The smallest absolute Gasteiger partial charge is 0.225 e. The molecule has 0 aliphatic carbocycles. The SMILES string of the molecule is [CH]=CCCc1cnc(F)c(F)c1. The molecule has 0 fully saturated rings. The van der Waals surface area contributed by atoms with Gasteiger partial charge in [-0.15, -0.1) is 0 Å². The number of hydrogen-bond donors (Lipinski definition) is 0. The van der Waals surface area contributed by atoms with Gasteiger partial charge in [-0.2, -0.15) is 4.39 Å². The van der Waals surface area contributed by atoms with Gasteiger partial charge in [0.05, 0.1) is 0 Å². The van der Waals surface area contributed by atoms with Crippen molar-refractivity contribution in [1.82, 2.24) is 4.98 Å². The van der Waals surface area contributed by atoms with Crippen LogP contribution in [0.1, 0.15) is 12.0 Å². The highest BCUT2D eigenvalue weighted by atomic mass is 19.2. The summed E-state index contributed by atoms with van der Waals surface area (Å²) in [4.78, 5) is 3.24. The first-order chi connectivity index (χ1) is 5.74. The van der Waals surface area contributed by atoms with Gasteiger partial charge in [0, 0.05) is 6.20 Å². The molecule has 0 saturated heterocycles. The largest absolute Gasteiger partial charge is 0.248 e. The van der Waals surface area contributed by atoms with Crippen molar-refractivity contribution in [2.24, 2.45) is 0 Å². The number of rotatable bonds is 3. The Morgan fingerprint density at radius 2 is 2.25 bits per heavy atom. The number of aryl methyl sites for hydroxylation is 1. The van der Waals surface area contributed by atoms with Gasteiger partial charge in [-0.1, -0.05) is 12.7 Å². The molecule has 0 atom stereocenters. The third kappa shape index (κ3) is 2.12. The van der Waals surface area contributed by atoms with Gasteiger partial charge in [-0.3, -0.25) is 0 Å². The predicted octanol–water partition coefficient (Wildman–Crippen LogP) is 2.28. The third-order valence-corrected chi connectivity index (χ3v) is 1.45. The zero-order valence-corrected chi connectivity index (χ0v) is 6.43. The third-order valence-electron chi connectivity index (χ3n) is 1.45. The van der Waals surface area contributed by atoms with Crippen LogP contribution >= 0.6 is 0 Å². The number of halogens is 2. The maximum atomic E-state index is 12.5. The molecule has 1 rings (SSSR count). The maximum absolute atomic E-state index is 12.5. The van der Waals surface area contributed by atoms with Gasteiger partial charge in [-0.25, -0.2) is 9.37 Å². The van der Waals surface area contributed by atoms with Gasteiger partial charge in [0.25, 0.3) is 0 Å². The normalized spacial score (nSPS) is 9.83. The van der Waals surface area contributed by atoms with E-state index in [9.17, 15) is 8.78 Å². The van der Waals surface area contributed by atoms with Crippen molar-refractivity contribution in [3.63, 3.8) is 0 Å². The lowest BCUT2D eigenvalue weighted by molar-refractivity contribution is 0.477. The van der Waals surface area contributed by atoms with Crippen LogP contribution in [0.2, 0.25) is 0 Å². The second kappa shape index (κ2) is 3.95. The molecule has 1 nitrogen and oxygen atoms in total. The highest BCUT2D eigenvalue weighted by molar-refractivity contribution is 5.11. The summed E-state index contributed by atoms with van der Waals surface area (Å²) in [5, 5.41) is 0. The minimum Gasteiger partial charge on any atom is -0.225 e. The molecular formula is C9H8F2N. The van der Waals surface area contributed by atoms with Crippen LogP contribution in [0, 0.1) is 18.3 Å². The van der Waals surface area contributed by atoms with Gasteiger partial charge in [-0.05, 0) is 24.5 Å². The van der Waals surface area contributed by atoms with Gasteiger partial charge >= 0.3 is 0 Å². The summed E-state index contributed by atoms with van der Waals surface area (Å²) in [6.07, 6.45) is 4.00. The number of nitrogens with zero attached hydrogens (tertiary/aromatic N) is 1. The zero-order valence-electron chi connectivity index (χ0n) is 6.43. The molecule has 1 heterocycles. The number of hydrogen-bond acceptors (Lipinski definition) is 1. The fraction of sp³-hybridized carbons (Fsp3) is 0.222. The van der Waals surface area contributed by atoms with Gasteiger partial charge < -0.3 is 0 Å². The van der Waals surface area contributed by atoms with Crippen LogP contribution < -0.4 is 0 Å². The Labute approximate surface area is 69.8 Å². The molecule has 0 unspecified atom stereocenters. The topological polar surface area (TPSA) is 12.9 Å². The Morgan fingerprint density at radius 3 is 2.83 bits per heavy atom. The van der Waals surface area contributed by atoms with Gasteiger partial charge in [0.15, 0.2) is 5.82 Å². The molecule has 12 heavy (non-hydrogen) atoms. The molecule has 1 aromatic rings. The number of pyridine rings is 1. The van der Waals surface area contributed by atoms with E-state index in [2.05, 4.69) is 4.98 Å². The molecule has 0 aliphatic heterocycles. The van der Waals surface area contributed by atoms with E-state index in [0.717, 1.165) is 6.07 Å². The van der Waals surface area contributed by atoms with E-state index in [4.69, 9.17) is 6.58 Å². The van der Waals surface area contributed by atoms with Crippen molar-refractivity contribution in [2.75, 3.05) is 0 Å². The van der Waals surface area contributed by atoms with Crippen molar-refractivity contribution in [2.45, 2.75) is 12.8 Å². The summed E-state index contributed by atoms with van der Waals surface area (Å²) >= 11 is 0. The molecular weight excluding hydrogens is 160 g/mol. The van der Waals surface area contributed by atoms with Crippen LogP contribution in [0.5, 0.6) is 0 Å². The Balaban J connectivity index is 2.75. The fourth-order valence-electron chi connectivity index (χ4n) is 0.848. The van der Waals surface area contributed by atoms with Crippen LogP contribution in [0.15, 0.2) is 18.3 Å². The van der Waals surface area contributed by atoms with Crippen molar-refractivity contribution in [3.8, 4) is 0 Å². The molecule has 1 radical (unpaired) electrons. The first-order valence-electron chi connectivity index (χ1n) is 3.57. The number of aromatic nitrogens is 1. The molecule has 0 aromatic carbocycles. The number of allylic oxidation sites excluding steroid dienone is 1. The average molecular weight is 168 g/mol. The van der Waals surface area contributed by atoms with Crippen LogP contribution in [0.25, 0.3) is 0 Å². The highest BCUT2D eigenvalue weighted by Gasteiger charge is 2.02. The van der Waals surface area contributed by atoms with Crippen LogP contribution in [0.4, 0.5) is 8.78 Å². The van der Waals surface area contributed by atoms with Crippen molar-refractivity contribution in [1.29, 1.82) is 0 Å². The second-order valence-corrected chi connectivity index (χ2v) is 2.39. The summed E-state index contributed by atoms with van der Waals surface area (Å²) in [5.41, 5.74) is 0.649. The molecule has 0 bridgehead atoms. The summed E-state index contributed by atoms with van der Waals surface area (Å²) in [7, 11) is 0. The molecule has 0 amide bonds. The van der Waals surface area contributed by atoms with Crippen LogP contribution in [0.3, 0.4) is 0 Å². The first-order valence-corrected chi connectivity index (χ1v) is 3.57. The van der Waals surface area contributed by atoms with E-state index >= 15 is 0 Å². The van der Waals surface area contributed by atoms with E-state index in [1.807, 2.05) is 0 Å². The Morgan fingerprint density at radius 1 is 1.50 bits per heavy atom. The predicted molar refractivity (Wildman–Crippen MR) is 41.3 cm³/mol. The van der Waals surface area contributed by atoms with Crippen LogP contribution in [-0.4, -0.2) is 4.98 Å². The maximum Gasteiger partial charge on any atom is 0.248 e. The molecule has 0 aliphatic rings. The van der Waals surface area contributed by atoms with E-state index in [1.165, 1.54) is 12.3 Å². The minimum absolute atomic E-state index is 0.584. The Bertz CT molecular complexity index is 284. The molecule has 3 heteroatoms. The van der Waals surface area contributed by atoms with E-state index in [1.54, 1.807) is 0 Å². The standard InChI is InChI=1S/C9H8F2N/c1-2-3-4-7-5-8(10)9(11)12-6-7/h1-2,5-6H,3-4H2. The average Bonchev–Trinajstić information content (AvgIpc) is 2.07. The van der Waals surface area contributed by atoms with Crippen molar-refractivity contribution >= 4 is 0 Å². The molecule has 0 N–H and O–H groups in total. The molecule has 63 valence electrons. The van der Waals surface area contributed by atoms with E-state index in [-0.39, 0.29) is 0 Å². The lowest BCUT2D eigenvalue weighted by atomic mass is 10.1. The lowest BCUT2D eigenvalue weighted by Gasteiger charge is -1.97. The highest BCUT2D eigenvalue weighted by Crippen LogP contribution is 2.07. The Kier molecular flexibility index (Phi) is 2.91. The fourth-order valence-corrected chi connectivity index (χ4v) is 0.848. The quantitative estimate of drug-likeness (QED) is 0.631. The zero-order chi connectivity index (χ0) is 8.97. The monoisotopic (exact) mass is 168 g/mol. The minimum atomic E-state index is -1.06. The molecule has 1 aromatic heterocycles. The lowest BCUT2D eigenvalue weighted by Crippen LogP contribution is -1.92.